The Morgan fingerprint density at radius 2 is 1.67 bits per heavy atom. The second-order valence-corrected chi connectivity index (χ2v) is 8.48. The van der Waals surface area contributed by atoms with Gasteiger partial charge in [-0.1, -0.05) is 54.2 Å². The number of halogens is 1. The number of anilines is 1. The van der Waals surface area contributed by atoms with Crippen LogP contribution in [0.2, 0.25) is 0 Å². The highest BCUT2D eigenvalue weighted by Gasteiger charge is 2.26. The Morgan fingerprint density at radius 3 is 2.42 bits per heavy atom. The number of thioether (sulfide) groups is 1. The summed E-state index contributed by atoms with van der Waals surface area (Å²) in [4.78, 5) is 26.0. The summed E-state index contributed by atoms with van der Waals surface area (Å²) < 4.78 is 16.5. The highest BCUT2D eigenvalue weighted by molar-refractivity contribution is 8.00. The van der Waals surface area contributed by atoms with Gasteiger partial charge in [0.15, 0.2) is 5.16 Å². The number of nitrogens with one attached hydrogen (secondary N) is 1. The lowest BCUT2D eigenvalue weighted by molar-refractivity contribution is -0.115. The molecule has 0 aliphatic heterocycles. The maximum atomic E-state index is 13.3. The van der Waals surface area contributed by atoms with Crippen LogP contribution in [0.3, 0.4) is 0 Å². The monoisotopic (exact) mass is 459 g/mol. The molecule has 1 atom stereocenters. The van der Waals surface area contributed by atoms with Crippen molar-refractivity contribution in [2.24, 2.45) is 7.05 Å². The summed E-state index contributed by atoms with van der Waals surface area (Å²) in [7, 11) is 1.64. The summed E-state index contributed by atoms with van der Waals surface area (Å²) in [6, 6.07) is 22.1. The zero-order valence-corrected chi connectivity index (χ0v) is 18.3. The van der Waals surface area contributed by atoms with Gasteiger partial charge in [0.05, 0.1) is 10.9 Å². The van der Waals surface area contributed by atoms with Crippen molar-refractivity contribution in [1.29, 1.82) is 0 Å². The maximum Gasteiger partial charge on any atom is 0.262 e. The zero-order chi connectivity index (χ0) is 22.9. The molecule has 1 unspecified atom stereocenters. The zero-order valence-electron chi connectivity index (χ0n) is 17.5. The summed E-state index contributed by atoms with van der Waals surface area (Å²) in [6.07, 6.45) is 0. The lowest BCUT2D eigenvalue weighted by Crippen LogP contribution is -2.21. The fraction of sp³-hybridized carbons (Fsp3) is 0.0833. The van der Waals surface area contributed by atoms with Crippen molar-refractivity contribution in [3.05, 3.63) is 101 Å². The third kappa shape index (κ3) is 3.87. The van der Waals surface area contributed by atoms with Gasteiger partial charge in [-0.3, -0.25) is 18.6 Å². The van der Waals surface area contributed by atoms with E-state index in [0.29, 0.717) is 27.5 Å². The molecule has 33 heavy (non-hydrogen) atoms. The van der Waals surface area contributed by atoms with Gasteiger partial charge in [-0.15, -0.1) is 10.2 Å². The Hall–Kier alpha value is -3.98. The minimum Gasteiger partial charge on any atom is -0.325 e. The van der Waals surface area contributed by atoms with Gasteiger partial charge in [0.1, 0.15) is 11.1 Å². The number of rotatable bonds is 5. The van der Waals surface area contributed by atoms with Crippen LogP contribution in [-0.2, 0) is 11.8 Å². The molecule has 0 fully saturated rings. The third-order valence-corrected chi connectivity index (χ3v) is 6.47. The molecule has 0 radical (unpaired) electrons. The average molecular weight is 460 g/mol. The molecule has 2 aromatic heterocycles. The summed E-state index contributed by atoms with van der Waals surface area (Å²) in [5.74, 6) is -0.287. The molecule has 0 saturated heterocycles. The van der Waals surface area contributed by atoms with E-state index in [1.54, 1.807) is 23.6 Å². The third-order valence-electron chi connectivity index (χ3n) is 5.27. The molecule has 5 rings (SSSR count). The van der Waals surface area contributed by atoms with Crippen molar-refractivity contribution in [2.75, 3.05) is 5.32 Å². The second kappa shape index (κ2) is 8.51. The first-order chi connectivity index (χ1) is 16.0. The van der Waals surface area contributed by atoms with E-state index in [9.17, 15) is 14.0 Å². The van der Waals surface area contributed by atoms with Crippen LogP contribution < -0.4 is 10.9 Å². The van der Waals surface area contributed by atoms with Crippen LogP contribution in [0, 0.1) is 5.82 Å². The predicted molar refractivity (Wildman–Crippen MR) is 126 cm³/mol. The van der Waals surface area contributed by atoms with Crippen molar-refractivity contribution in [3.63, 3.8) is 0 Å². The number of hydrogen-bond acceptors (Lipinski definition) is 5. The van der Waals surface area contributed by atoms with Gasteiger partial charge in [-0.25, -0.2) is 4.39 Å². The fourth-order valence-corrected chi connectivity index (χ4v) is 4.68. The van der Waals surface area contributed by atoms with E-state index in [4.69, 9.17) is 0 Å². The summed E-state index contributed by atoms with van der Waals surface area (Å²) in [6.45, 7) is 0. The van der Waals surface area contributed by atoms with Crippen LogP contribution in [0.4, 0.5) is 10.1 Å². The Balaban J connectivity index is 1.59. The van der Waals surface area contributed by atoms with E-state index < -0.39 is 5.25 Å². The lowest BCUT2D eigenvalue weighted by atomic mass is 10.1. The number of benzene rings is 3. The number of hydrogen-bond donors (Lipinski definition) is 1. The lowest BCUT2D eigenvalue weighted by Gasteiger charge is -2.16. The largest absolute Gasteiger partial charge is 0.325 e. The van der Waals surface area contributed by atoms with Crippen LogP contribution >= 0.6 is 11.8 Å². The number of nitrogens with zero attached hydrogens (tertiary/aromatic N) is 4. The van der Waals surface area contributed by atoms with E-state index >= 15 is 0 Å². The maximum absolute atomic E-state index is 13.3. The van der Waals surface area contributed by atoms with E-state index in [1.807, 2.05) is 42.5 Å². The van der Waals surface area contributed by atoms with Crippen LogP contribution in [0.1, 0.15) is 10.8 Å². The summed E-state index contributed by atoms with van der Waals surface area (Å²) in [5, 5.41) is 11.7. The quantitative estimate of drug-likeness (QED) is 0.399. The van der Waals surface area contributed by atoms with E-state index in [1.165, 1.54) is 40.6 Å². The average Bonchev–Trinajstić information content (AvgIpc) is 3.27. The highest BCUT2D eigenvalue weighted by atomic mass is 32.2. The second-order valence-electron chi connectivity index (χ2n) is 7.40. The Kier molecular flexibility index (Phi) is 5.39. The van der Waals surface area contributed by atoms with Gasteiger partial charge < -0.3 is 5.32 Å². The van der Waals surface area contributed by atoms with Gasteiger partial charge in [0.2, 0.25) is 11.7 Å². The molecular weight excluding hydrogens is 441 g/mol. The van der Waals surface area contributed by atoms with Gasteiger partial charge in [-0.05, 0) is 42.0 Å². The Morgan fingerprint density at radius 1 is 0.970 bits per heavy atom. The fourth-order valence-electron chi connectivity index (χ4n) is 3.63. The number of carbonyl (C=O) groups is 1. The first-order valence-corrected chi connectivity index (χ1v) is 11.0. The molecule has 0 spiro atoms. The van der Waals surface area contributed by atoms with E-state index in [0.717, 1.165) is 5.56 Å². The molecular formula is C24H18FN5O2S. The first-order valence-electron chi connectivity index (χ1n) is 10.1. The molecule has 2 heterocycles. The molecule has 5 aromatic rings. The summed E-state index contributed by atoms with van der Waals surface area (Å²) in [5.41, 5.74) is 1.75. The van der Waals surface area contributed by atoms with E-state index in [-0.39, 0.29) is 17.3 Å². The number of aryl methyl sites for hydroxylation is 1. The number of aromatic nitrogens is 4. The number of carbonyl (C=O) groups excluding carboxylic acids is 1. The van der Waals surface area contributed by atoms with Gasteiger partial charge in [0.25, 0.3) is 5.56 Å². The Bertz CT molecular complexity index is 1530. The van der Waals surface area contributed by atoms with Crippen LogP contribution in [0.5, 0.6) is 0 Å². The van der Waals surface area contributed by atoms with Crippen molar-refractivity contribution >= 4 is 40.0 Å². The number of amides is 1. The molecule has 1 amide bonds. The summed E-state index contributed by atoms with van der Waals surface area (Å²) >= 11 is 1.23. The van der Waals surface area contributed by atoms with Crippen molar-refractivity contribution in [1.82, 2.24) is 19.2 Å². The van der Waals surface area contributed by atoms with Gasteiger partial charge in [0, 0.05) is 12.7 Å². The molecule has 9 heteroatoms. The van der Waals surface area contributed by atoms with Gasteiger partial charge in [-0.2, -0.15) is 0 Å². The smallest absolute Gasteiger partial charge is 0.262 e. The molecule has 3 aromatic carbocycles. The molecule has 7 nitrogen and oxygen atoms in total. The molecule has 0 aliphatic rings. The standard InChI is InChI=1S/C24H18FN5O2S/c1-29-22(32)18-9-5-6-10-19(18)30-23(29)27-28-24(30)33-20(15-7-3-2-4-8-15)21(31)26-17-13-11-16(25)12-14-17/h2-14,20H,1H3,(H,26,31). The minimum atomic E-state index is -0.667. The predicted octanol–water partition coefficient (Wildman–Crippen LogP) is 4.19. The molecule has 1 N–H and O–H groups in total. The SMILES string of the molecule is Cn1c(=O)c2ccccc2n2c(SC(C(=O)Nc3ccc(F)cc3)c3ccccc3)nnc12. The molecule has 164 valence electrons. The number of fused-ring (bicyclic) bond motifs is 3. The van der Waals surface area contributed by atoms with Crippen LogP contribution in [0.25, 0.3) is 16.7 Å². The first kappa shape index (κ1) is 20.9. The number of para-hydroxylation sites is 1. The van der Waals surface area contributed by atoms with Crippen molar-refractivity contribution < 1.29 is 9.18 Å². The minimum absolute atomic E-state index is 0.171. The van der Waals surface area contributed by atoms with Crippen LogP contribution in [-0.4, -0.2) is 25.1 Å². The highest BCUT2D eigenvalue weighted by Crippen LogP contribution is 2.36. The van der Waals surface area contributed by atoms with Gasteiger partial charge >= 0.3 is 0 Å². The molecule has 0 saturated carbocycles. The van der Waals surface area contributed by atoms with Crippen molar-refractivity contribution in [3.8, 4) is 0 Å². The normalized spacial score (nSPS) is 12.2. The molecule has 0 bridgehead atoms. The van der Waals surface area contributed by atoms with E-state index in [2.05, 4.69) is 15.5 Å². The van der Waals surface area contributed by atoms with Crippen molar-refractivity contribution in [2.45, 2.75) is 10.4 Å². The topological polar surface area (TPSA) is 81.3 Å². The Labute approximate surface area is 191 Å². The van der Waals surface area contributed by atoms with Crippen LogP contribution in [0.15, 0.2) is 88.8 Å². The molecule has 0 aliphatic carbocycles.